The first kappa shape index (κ1) is 18.3. The molecule has 3 heterocycles. The average Bonchev–Trinajstić information content (AvgIpc) is 3.37. The summed E-state index contributed by atoms with van der Waals surface area (Å²) in [6, 6.07) is 10.7. The van der Waals surface area contributed by atoms with Crippen molar-refractivity contribution in [2.75, 3.05) is 5.32 Å². The fourth-order valence-electron chi connectivity index (χ4n) is 2.97. The van der Waals surface area contributed by atoms with E-state index in [2.05, 4.69) is 10.3 Å². The minimum absolute atomic E-state index is 0.201. The fourth-order valence-corrected chi connectivity index (χ4v) is 4.46. The Morgan fingerprint density at radius 1 is 1.11 bits per heavy atom. The molecule has 4 aromatic rings. The molecule has 0 aliphatic rings. The minimum atomic E-state index is -0.500. The highest BCUT2D eigenvalue weighted by molar-refractivity contribution is 7.16. The number of amides is 1. The van der Waals surface area contributed by atoms with Crippen molar-refractivity contribution < 1.29 is 4.79 Å². The van der Waals surface area contributed by atoms with Crippen LogP contribution in [0.25, 0.3) is 21.5 Å². The van der Waals surface area contributed by atoms with Gasteiger partial charge in [0.2, 0.25) is 5.91 Å². The van der Waals surface area contributed by atoms with Crippen molar-refractivity contribution in [3.63, 3.8) is 0 Å². The molecule has 4 rings (SSSR count). The number of fused-ring (bicyclic) bond motifs is 1. The van der Waals surface area contributed by atoms with E-state index >= 15 is 0 Å². The minimum Gasteiger partial charge on any atom is -0.300 e. The van der Waals surface area contributed by atoms with Crippen LogP contribution in [0.15, 0.2) is 56.7 Å². The predicted molar refractivity (Wildman–Crippen MR) is 112 cm³/mol. The van der Waals surface area contributed by atoms with Crippen molar-refractivity contribution in [3.8, 4) is 10.6 Å². The molecule has 0 bridgehead atoms. The van der Waals surface area contributed by atoms with Gasteiger partial charge in [-0.3, -0.25) is 18.7 Å². The normalized spacial score (nSPS) is 11.0. The van der Waals surface area contributed by atoms with Crippen LogP contribution in [0.4, 0.5) is 5.13 Å². The molecule has 9 heteroatoms. The molecule has 0 aliphatic carbocycles. The summed E-state index contributed by atoms with van der Waals surface area (Å²) in [5.74, 6) is -0.374. The topological polar surface area (TPSA) is 86.0 Å². The number of thiophene rings is 1. The Kier molecular flexibility index (Phi) is 4.93. The Morgan fingerprint density at radius 2 is 1.93 bits per heavy atom. The van der Waals surface area contributed by atoms with E-state index in [0.717, 1.165) is 15.1 Å². The number of anilines is 1. The molecule has 7 nitrogen and oxygen atoms in total. The zero-order valence-corrected chi connectivity index (χ0v) is 16.5. The summed E-state index contributed by atoms with van der Waals surface area (Å²) in [7, 11) is 0. The molecule has 28 heavy (non-hydrogen) atoms. The van der Waals surface area contributed by atoms with E-state index in [1.807, 2.05) is 22.9 Å². The van der Waals surface area contributed by atoms with Crippen LogP contribution in [0.1, 0.15) is 6.92 Å². The Hall–Kier alpha value is -3.04. The smallest absolute Gasteiger partial charge is 0.300 e. The van der Waals surface area contributed by atoms with Gasteiger partial charge in [-0.1, -0.05) is 18.2 Å². The van der Waals surface area contributed by atoms with Crippen LogP contribution in [-0.4, -0.2) is 20.0 Å². The number of hydrogen-bond donors (Lipinski definition) is 1. The number of para-hydroxylation sites is 1. The largest absolute Gasteiger partial charge is 0.331 e. The van der Waals surface area contributed by atoms with Crippen molar-refractivity contribution in [1.82, 2.24) is 14.1 Å². The van der Waals surface area contributed by atoms with E-state index in [1.54, 1.807) is 42.5 Å². The van der Waals surface area contributed by atoms with Gasteiger partial charge in [-0.2, -0.15) is 0 Å². The molecule has 0 saturated heterocycles. The number of carbonyl (C=O) groups excluding carboxylic acids is 1. The van der Waals surface area contributed by atoms with Crippen LogP contribution in [0.3, 0.4) is 0 Å². The highest BCUT2D eigenvalue weighted by Crippen LogP contribution is 2.28. The van der Waals surface area contributed by atoms with Crippen LogP contribution in [0.5, 0.6) is 0 Å². The molecular weight excluding hydrogens is 396 g/mol. The Bertz CT molecular complexity index is 1270. The van der Waals surface area contributed by atoms with Gasteiger partial charge in [0.15, 0.2) is 5.13 Å². The summed E-state index contributed by atoms with van der Waals surface area (Å²) in [6.07, 6.45) is 0. The standard InChI is InChI=1S/C19H16N4O3S2/c1-2-22-17(25)12-6-3-4-7-14(12)23(19(22)26)10-16(24)21-18-20-13(11-28-18)15-8-5-9-27-15/h3-9,11H,2,10H2,1H3,(H,20,21,24). The molecule has 1 N–H and O–H groups in total. The van der Waals surface area contributed by atoms with Gasteiger partial charge < -0.3 is 5.32 Å². The van der Waals surface area contributed by atoms with Crippen molar-refractivity contribution in [1.29, 1.82) is 0 Å². The monoisotopic (exact) mass is 412 g/mol. The van der Waals surface area contributed by atoms with E-state index in [0.29, 0.717) is 16.0 Å². The van der Waals surface area contributed by atoms with Gasteiger partial charge in [0, 0.05) is 11.9 Å². The summed E-state index contributed by atoms with van der Waals surface area (Å²) < 4.78 is 2.46. The molecule has 1 amide bonds. The summed E-state index contributed by atoms with van der Waals surface area (Å²) in [6.45, 7) is 1.76. The van der Waals surface area contributed by atoms with E-state index < -0.39 is 5.69 Å². The zero-order valence-electron chi connectivity index (χ0n) is 14.9. The molecule has 0 aliphatic heterocycles. The fraction of sp³-hybridized carbons (Fsp3) is 0.158. The third-order valence-electron chi connectivity index (χ3n) is 4.27. The van der Waals surface area contributed by atoms with Gasteiger partial charge in [-0.15, -0.1) is 22.7 Å². The maximum Gasteiger partial charge on any atom is 0.331 e. The van der Waals surface area contributed by atoms with Crippen LogP contribution in [-0.2, 0) is 17.9 Å². The van der Waals surface area contributed by atoms with Gasteiger partial charge in [0.05, 0.1) is 21.5 Å². The lowest BCUT2D eigenvalue weighted by atomic mass is 10.2. The van der Waals surface area contributed by atoms with Crippen LogP contribution in [0.2, 0.25) is 0 Å². The number of thiazole rings is 1. The van der Waals surface area contributed by atoms with Gasteiger partial charge in [-0.05, 0) is 30.5 Å². The molecule has 0 spiro atoms. The molecular formula is C19H16N4O3S2. The molecule has 0 unspecified atom stereocenters. The second-order valence-corrected chi connectivity index (χ2v) is 7.80. The second-order valence-electron chi connectivity index (χ2n) is 6.00. The second kappa shape index (κ2) is 7.53. The number of benzene rings is 1. The Morgan fingerprint density at radius 3 is 2.68 bits per heavy atom. The molecule has 1 aromatic carbocycles. The first-order valence-corrected chi connectivity index (χ1v) is 10.4. The number of nitrogens with one attached hydrogen (secondary N) is 1. The first-order valence-electron chi connectivity index (χ1n) is 8.60. The average molecular weight is 412 g/mol. The number of carbonyl (C=O) groups is 1. The number of nitrogens with zero attached hydrogens (tertiary/aromatic N) is 3. The highest BCUT2D eigenvalue weighted by Gasteiger charge is 2.15. The number of hydrogen-bond acceptors (Lipinski definition) is 6. The molecule has 0 atom stereocenters. The first-order chi connectivity index (χ1) is 13.6. The van der Waals surface area contributed by atoms with Crippen molar-refractivity contribution in [2.45, 2.75) is 20.0 Å². The van der Waals surface area contributed by atoms with E-state index in [9.17, 15) is 14.4 Å². The van der Waals surface area contributed by atoms with Crippen LogP contribution >= 0.6 is 22.7 Å². The van der Waals surface area contributed by atoms with Gasteiger partial charge in [-0.25, -0.2) is 9.78 Å². The Labute approximate surface area is 167 Å². The summed E-state index contributed by atoms with van der Waals surface area (Å²) in [5.41, 5.74) is 0.397. The maximum atomic E-state index is 12.7. The predicted octanol–water partition coefficient (Wildman–Crippen LogP) is 3.01. The van der Waals surface area contributed by atoms with E-state index in [-0.39, 0.29) is 24.6 Å². The Balaban J connectivity index is 1.64. The third kappa shape index (κ3) is 3.30. The highest BCUT2D eigenvalue weighted by atomic mass is 32.1. The van der Waals surface area contributed by atoms with Crippen molar-refractivity contribution in [2.24, 2.45) is 0 Å². The third-order valence-corrected chi connectivity index (χ3v) is 5.92. The number of rotatable bonds is 5. The van der Waals surface area contributed by atoms with Gasteiger partial charge in [0.1, 0.15) is 6.54 Å². The van der Waals surface area contributed by atoms with E-state index in [1.165, 1.54) is 15.9 Å². The lowest BCUT2D eigenvalue weighted by Crippen LogP contribution is -2.41. The zero-order chi connectivity index (χ0) is 19.7. The molecule has 0 saturated carbocycles. The quantitative estimate of drug-likeness (QED) is 0.546. The SMILES string of the molecule is CCn1c(=O)c2ccccc2n(CC(=O)Nc2nc(-c3cccs3)cs2)c1=O. The molecule has 0 fully saturated rings. The van der Waals surface area contributed by atoms with Crippen molar-refractivity contribution >= 4 is 44.6 Å². The maximum absolute atomic E-state index is 12.7. The lowest BCUT2D eigenvalue weighted by Gasteiger charge is -2.12. The van der Waals surface area contributed by atoms with Gasteiger partial charge in [0.25, 0.3) is 5.56 Å². The summed E-state index contributed by atoms with van der Waals surface area (Å²) in [4.78, 5) is 43.2. The molecule has 142 valence electrons. The van der Waals surface area contributed by atoms with Crippen molar-refractivity contribution in [3.05, 3.63) is 68.0 Å². The van der Waals surface area contributed by atoms with Gasteiger partial charge >= 0.3 is 5.69 Å². The van der Waals surface area contributed by atoms with Crippen LogP contribution < -0.4 is 16.6 Å². The van der Waals surface area contributed by atoms with E-state index in [4.69, 9.17) is 0 Å². The lowest BCUT2D eigenvalue weighted by molar-refractivity contribution is -0.116. The summed E-state index contributed by atoms with van der Waals surface area (Å²) in [5, 5.41) is 7.46. The van der Waals surface area contributed by atoms with Crippen LogP contribution in [0, 0.1) is 0 Å². The molecule has 3 aromatic heterocycles. The number of aromatic nitrogens is 3. The molecule has 0 radical (unpaired) electrons. The summed E-state index contributed by atoms with van der Waals surface area (Å²) >= 11 is 2.90.